The summed E-state index contributed by atoms with van der Waals surface area (Å²) in [6, 6.07) is 1.97. The highest BCUT2D eigenvalue weighted by Crippen LogP contribution is 2.22. The van der Waals surface area contributed by atoms with Crippen molar-refractivity contribution < 1.29 is 9.90 Å². The molecule has 1 rings (SSSR count). The quantitative estimate of drug-likeness (QED) is 0.908. The molecule has 1 heterocycles. The van der Waals surface area contributed by atoms with Gasteiger partial charge in [-0.2, -0.15) is 5.10 Å². The van der Waals surface area contributed by atoms with Gasteiger partial charge in [-0.3, -0.25) is 9.48 Å². The van der Waals surface area contributed by atoms with Gasteiger partial charge in [0, 0.05) is 6.04 Å². The molecule has 14 heavy (non-hydrogen) atoms. The van der Waals surface area contributed by atoms with Crippen LogP contribution in [-0.4, -0.2) is 20.9 Å². The highest BCUT2D eigenvalue weighted by molar-refractivity contribution is 9.10. The Morgan fingerprint density at radius 2 is 2.14 bits per heavy atom. The minimum absolute atomic E-state index is 0.221. The second-order valence-corrected chi connectivity index (χ2v) is 4.30. The number of carboxylic acids is 1. The Morgan fingerprint density at radius 3 is 2.50 bits per heavy atom. The smallest absolute Gasteiger partial charge is 0.312 e. The zero-order chi connectivity index (χ0) is 10.9. The third-order valence-corrected chi connectivity index (χ3v) is 2.60. The molecular formula is C9H13BrN2O2. The van der Waals surface area contributed by atoms with Crippen LogP contribution in [-0.2, 0) is 4.79 Å². The third-order valence-electron chi connectivity index (χ3n) is 2.01. The average molecular weight is 261 g/mol. The van der Waals surface area contributed by atoms with Crippen molar-refractivity contribution in [3.63, 3.8) is 0 Å². The van der Waals surface area contributed by atoms with Crippen molar-refractivity contribution in [2.45, 2.75) is 32.7 Å². The van der Waals surface area contributed by atoms with Gasteiger partial charge in [0.1, 0.15) is 4.60 Å². The Bertz CT molecular complexity index is 347. The summed E-state index contributed by atoms with van der Waals surface area (Å²) in [7, 11) is 0. The van der Waals surface area contributed by atoms with Crippen molar-refractivity contribution in [2.75, 3.05) is 0 Å². The first-order valence-corrected chi connectivity index (χ1v) is 5.20. The first-order valence-electron chi connectivity index (χ1n) is 4.41. The second-order valence-electron chi connectivity index (χ2n) is 3.49. The zero-order valence-corrected chi connectivity index (χ0v) is 9.95. The summed E-state index contributed by atoms with van der Waals surface area (Å²) in [5, 5.41) is 13.0. The van der Waals surface area contributed by atoms with Crippen molar-refractivity contribution >= 4 is 21.9 Å². The van der Waals surface area contributed by atoms with Crippen LogP contribution >= 0.6 is 15.9 Å². The number of nitrogens with zero attached hydrogens (tertiary/aromatic N) is 2. The molecule has 5 heteroatoms. The molecule has 0 fully saturated rings. The molecule has 4 nitrogen and oxygen atoms in total. The van der Waals surface area contributed by atoms with Crippen LogP contribution in [0.15, 0.2) is 10.7 Å². The number of rotatable bonds is 3. The minimum atomic E-state index is -0.856. The standard InChI is InChI=1S/C9H13BrN2O2/c1-5(2)12-8(10)4-7(11-12)6(3)9(13)14/h4-6H,1-3H3,(H,13,14). The lowest BCUT2D eigenvalue weighted by molar-refractivity contribution is -0.138. The zero-order valence-electron chi connectivity index (χ0n) is 8.36. The van der Waals surface area contributed by atoms with Crippen LogP contribution in [0.3, 0.4) is 0 Å². The van der Waals surface area contributed by atoms with E-state index in [-0.39, 0.29) is 6.04 Å². The van der Waals surface area contributed by atoms with Crippen LogP contribution < -0.4 is 0 Å². The first kappa shape index (κ1) is 11.2. The lowest BCUT2D eigenvalue weighted by Crippen LogP contribution is -2.10. The minimum Gasteiger partial charge on any atom is -0.481 e. The van der Waals surface area contributed by atoms with E-state index in [9.17, 15) is 4.79 Å². The van der Waals surface area contributed by atoms with E-state index >= 15 is 0 Å². The fourth-order valence-electron chi connectivity index (χ4n) is 1.09. The normalized spacial score (nSPS) is 13.2. The number of carboxylic acid groups (broad SMARTS) is 1. The van der Waals surface area contributed by atoms with E-state index in [4.69, 9.17) is 5.11 Å². The van der Waals surface area contributed by atoms with Crippen molar-refractivity contribution in [3.8, 4) is 0 Å². The molecule has 0 bridgehead atoms. The summed E-state index contributed by atoms with van der Waals surface area (Å²) >= 11 is 3.34. The molecule has 0 radical (unpaired) electrons. The lowest BCUT2D eigenvalue weighted by Gasteiger charge is -2.06. The summed E-state index contributed by atoms with van der Waals surface area (Å²) in [6.45, 7) is 5.61. The number of aromatic nitrogens is 2. The fraction of sp³-hybridized carbons (Fsp3) is 0.556. The van der Waals surface area contributed by atoms with Crippen molar-refractivity contribution in [2.24, 2.45) is 0 Å². The molecule has 0 amide bonds. The fourth-order valence-corrected chi connectivity index (χ4v) is 1.81. The molecule has 0 aliphatic heterocycles. The number of carbonyl (C=O) groups is 1. The average Bonchev–Trinajstić information content (AvgIpc) is 2.45. The van der Waals surface area contributed by atoms with E-state index < -0.39 is 11.9 Å². The van der Waals surface area contributed by atoms with E-state index in [2.05, 4.69) is 21.0 Å². The van der Waals surface area contributed by atoms with Crippen LogP contribution in [0.25, 0.3) is 0 Å². The van der Waals surface area contributed by atoms with Gasteiger partial charge in [0.2, 0.25) is 0 Å². The first-order chi connectivity index (χ1) is 6.43. The summed E-state index contributed by atoms with van der Waals surface area (Å²) in [6.07, 6.45) is 0. The Kier molecular flexibility index (Phi) is 3.31. The number of halogens is 1. The van der Waals surface area contributed by atoms with Gasteiger partial charge in [0.15, 0.2) is 0 Å². The van der Waals surface area contributed by atoms with Crippen LogP contribution in [0, 0.1) is 0 Å². The Balaban J connectivity index is 3.02. The van der Waals surface area contributed by atoms with E-state index in [1.165, 1.54) is 0 Å². The maximum atomic E-state index is 10.7. The highest BCUT2D eigenvalue weighted by atomic mass is 79.9. The summed E-state index contributed by atoms with van der Waals surface area (Å²) in [4.78, 5) is 10.7. The van der Waals surface area contributed by atoms with Gasteiger partial charge in [-0.1, -0.05) is 0 Å². The lowest BCUT2D eigenvalue weighted by atomic mass is 10.1. The van der Waals surface area contributed by atoms with Gasteiger partial charge < -0.3 is 5.11 Å². The predicted octanol–water partition coefficient (Wildman–Crippen LogP) is 2.41. The van der Waals surface area contributed by atoms with Gasteiger partial charge in [-0.05, 0) is 42.8 Å². The van der Waals surface area contributed by atoms with Crippen LogP contribution in [0.2, 0.25) is 0 Å². The Hall–Kier alpha value is -0.840. The molecule has 1 N–H and O–H groups in total. The predicted molar refractivity (Wildman–Crippen MR) is 56.4 cm³/mol. The monoisotopic (exact) mass is 260 g/mol. The van der Waals surface area contributed by atoms with Gasteiger partial charge >= 0.3 is 5.97 Å². The van der Waals surface area contributed by atoms with Crippen molar-refractivity contribution in [3.05, 3.63) is 16.4 Å². The van der Waals surface area contributed by atoms with Crippen LogP contribution in [0.5, 0.6) is 0 Å². The maximum Gasteiger partial charge on any atom is 0.312 e. The van der Waals surface area contributed by atoms with Gasteiger partial charge in [-0.25, -0.2) is 0 Å². The molecule has 0 aliphatic rings. The summed E-state index contributed by atoms with van der Waals surface area (Å²) < 4.78 is 2.57. The molecule has 1 unspecified atom stereocenters. The third kappa shape index (κ3) is 2.15. The van der Waals surface area contributed by atoms with Crippen LogP contribution in [0.1, 0.15) is 38.4 Å². The van der Waals surface area contributed by atoms with Gasteiger partial charge in [0.05, 0.1) is 11.6 Å². The largest absolute Gasteiger partial charge is 0.481 e. The Morgan fingerprint density at radius 1 is 1.57 bits per heavy atom. The second kappa shape index (κ2) is 4.13. The number of hydrogen-bond donors (Lipinski definition) is 1. The van der Waals surface area contributed by atoms with Gasteiger partial charge in [0.25, 0.3) is 0 Å². The number of aliphatic carboxylic acids is 1. The van der Waals surface area contributed by atoms with Crippen molar-refractivity contribution in [1.82, 2.24) is 9.78 Å². The Labute approximate surface area is 91.1 Å². The molecule has 0 aromatic carbocycles. The molecule has 1 aromatic rings. The molecule has 1 aromatic heterocycles. The number of hydrogen-bond acceptors (Lipinski definition) is 2. The maximum absolute atomic E-state index is 10.7. The SMILES string of the molecule is CC(C(=O)O)c1cc(Br)n(C(C)C)n1. The summed E-state index contributed by atoms with van der Waals surface area (Å²) in [5.41, 5.74) is 0.582. The molecular weight excluding hydrogens is 248 g/mol. The topological polar surface area (TPSA) is 55.1 Å². The molecule has 78 valence electrons. The van der Waals surface area contributed by atoms with E-state index in [1.807, 2.05) is 13.8 Å². The summed E-state index contributed by atoms with van der Waals surface area (Å²) in [5.74, 6) is -1.42. The molecule has 0 spiro atoms. The molecule has 0 saturated carbocycles. The van der Waals surface area contributed by atoms with Crippen molar-refractivity contribution in [1.29, 1.82) is 0 Å². The highest BCUT2D eigenvalue weighted by Gasteiger charge is 2.19. The van der Waals surface area contributed by atoms with E-state index in [1.54, 1.807) is 17.7 Å². The van der Waals surface area contributed by atoms with Crippen LogP contribution in [0.4, 0.5) is 0 Å². The van der Waals surface area contributed by atoms with E-state index in [0.29, 0.717) is 5.69 Å². The van der Waals surface area contributed by atoms with E-state index in [0.717, 1.165) is 4.60 Å². The molecule has 1 atom stereocenters. The molecule has 0 aliphatic carbocycles. The molecule has 0 saturated heterocycles. The van der Waals surface area contributed by atoms with Gasteiger partial charge in [-0.15, -0.1) is 0 Å².